The molecular weight excluding hydrogens is 280 g/mol. The van der Waals surface area contributed by atoms with Gasteiger partial charge in [-0.2, -0.15) is 0 Å². The van der Waals surface area contributed by atoms with Gasteiger partial charge >= 0.3 is 5.97 Å². The van der Waals surface area contributed by atoms with Crippen molar-refractivity contribution in [2.75, 3.05) is 7.11 Å². The highest BCUT2D eigenvalue weighted by Crippen LogP contribution is 2.45. The van der Waals surface area contributed by atoms with Crippen molar-refractivity contribution in [1.29, 1.82) is 0 Å². The fraction of sp³-hybridized carbons (Fsp3) is 0.765. The summed E-state index contributed by atoms with van der Waals surface area (Å²) < 4.78 is 4.86. The highest BCUT2D eigenvalue weighted by atomic mass is 28.3. The van der Waals surface area contributed by atoms with Gasteiger partial charge in [-0.1, -0.05) is 33.5 Å². The van der Waals surface area contributed by atoms with E-state index in [2.05, 4.69) is 45.0 Å². The van der Waals surface area contributed by atoms with Gasteiger partial charge in [0.05, 0.1) is 7.11 Å². The van der Waals surface area contributed by atoms with Crippen LogP contribution in [0.25, 0.3) is 0 Å². The molecule has 0 saturated heterocycles. The van der Waals surface area contributed by atoms with E-state index in [-0.39, 0.29) is 23.1 Å². The van der Waals surface area contributed by atoms with Crippen molar-refractivity contribution >= 4 is 19.8 Å². The summed E-state index contributed by atoms with van der Waals surface area (Å²) in [5, 5.41) is 0. The molecule has 0 bridgehead atoms. The van der Waals surface area contributed by atoms with Crippen molar-refractivity contribution in [2.24, 2.45) is 17.3 Å². The standard InChI is InChI=1S/C17H28O3Si/c1-17(2)11-10-14(18)15(16(19)20-3)13(17)9-7-8-12-21(4,5)6/h13,15H,7,9-11H2,1-6H3. The maximum Gasteiger partial charge on any atom is 0.316 e. The van der Waals surface area contributed by atoms with E-state index in [0.29, 0.717) is 6.42 Å². The third-order valence-electron chi connectivity index (χ3n) is 4.27. The molecule has 2 atom stereocenters. The zero-order valence-electron chi connectivity index (χ0n) is 14.2. The number of esters is 1. The van der Waals surface area contributed by atoms with Gasteiger partial charge in [-0.25, -0.2) is 0 Å². The molecule has 1 saturated carbocycles. The average Bonchev–Trinajstić information content (AvgIpc) is 2.36. The van der Waals surface area contributed by atoms with Crippen LogP contribution in [-0.4, -0.2) is 26.9 Å². The van der Waals surface area contributed by atoms with E-state index in [1.165, 1.54) is 7.11 Å². The van der Waals surface area contributed by atoms with E-state index in [4.69, 9.17) is 4.74 Å². The molecule has 0 amide bonds. The van der Waals surface area contributed by atoms with Crippen molar-refractivity contribution in [3.8, 4) is 11.5 Å². The topological polar surface area (TPSA) is 43.4 Å². The predicted molar refractivity (Wildman–Crippen MR) is 87.4 cm³/mol. The average molecular weight is 308 g/mol. The second-order valence-electron chi connectivity index (χ2n) is 7.65. The van der Waals surface area contributed by atoms with Crippen molar-refractivity contribution < 1.29 is 14.3 Å². The van der Waals surface area contributed by atoms with Gasteiger partial charge in [0.25, 0.3) is 0 Å². The van der Waals surface area contributed by atoms with Crippen LogP contribution >= 0.6 is 0 Å². The molecule has 1 aliphatic rings. The number of hydrogen-bond acceptors (Lipinski definition) is 3. The molecule has 1 aliphatic carbocycles. The Kier molecular flexibility index (Phi) is 5.80. The van der Waals surface area contributed by atoms with E-state index in [0.717, 1.165) is 19.3 Å². The minimum absolute atomic E-state index is 0.0202. The van der Waals surface area contributed by atoms with Crippen LogP contribution in [0.3, 0.4) is 0 Å². The molecule has 0 aliphatic heterocycles. The summed E-state index contributed by atoms with van der Waals surface area (Å²) in [6.07, 6.45) is 2.85. The second kappa shape index (κ2) is 6.78. The molecule has 21 heavy (non-hydrogen) atoms. The number of rotatable bonds is 3. The monoisotopic (exact) mass is 308 g/mol. The number of methoxy groups -OCH3 is 1. The highest BCUT2D eigenvalue weighted by molar-refractivity contribution is 6.83. The normalized spacial score (nSPS) is 25.0. The third kappa shape index (κ3) is 5.00. The van der Waals surface area contributed by atoms with Crippen LogP contribution in [0.2, 0.25) is 19.6 Å². The zero-order chi connectivity index (χ0) is 16.3. The van der Waals surface area contributed by atoms with Gasteiger partial charge in [0.1, 0.15) is 19.8 Å². The molecule has 0 spiro atoms. The van der Waals surface area contributed by atoms with Gasteiger partial charge in [-0.15, -0.1) is 11.5 Å². The molecule has 0 heterocycles. The molecule has 3 nitrogen and oxygen atoms in total. The fourth-order valence-corrected chi connectivity index (χ4v) is 3.65. The van der Waals surface area contributed by atoms with Crippen LogP contribution in [-0.2, 0) is 14.3 Å². The first-order valence-corrected chi connectivity index (χ1v) is 11.2. The van der Waals surface area contributed by atoms with Gasteiger partial charge in [-0.3, -0.25) is 9.59 Å². The lowest BCUT2D eigenvalue weighted by Crippen LogP contribution is -2.44. The lowest BCUT2D eigenvalue weighted by Gasteiger charge is -2.41. The summed E-state index contributed by atoms with van der Waals surface area (Å²) in [5.74, 6) is 2.33. The van der Waals surface area contributed by atoms with Crippen LogP contribution in [0.1, 0.15) is 39.5 Å². The Balaban J connectivity index is 2.87. The molecular formula is C17H28O3Si. The number of ketones is 1. The van der Waals surface area contributed by atoms with Gasteiger partial charge in [0.2, 0.25) is 0 Å². The molecule has 2 unspecified atom stereocenters. The first-order chi connectivity index (χ1) is 9.58. The second-order valence-corrected chi connectivity index (χ2v) is 12.4. The summed E-state index contributed by atoms with van der Waals surface area (Å²) >= 11 is 0. The Morgan fingerprint density at radius 3 is 2.52 bits per heavy atom. The van der Waals surface area contributed by atoms with E-state index < -0.39 is 14.0 Å². The molecule has 0 N–H and O–H groups in total. The Hall–Kier alpha value is -1.08. The molecule has 1 fully saturated rings. The lowest BCUT2D eigenvalue weighted by molar-refractivity contribution is -0.157. The lowest BCUT2D eigenvalue weighted by atomic mass is 9.61. The number of Topliss-reactive ketones (excluding diaryl/α,β-unsaturated/α-hetero) is 1. The third-order valence-corrected chi connectivity index (χ3v) is 5.19. The molecule has 4 heteroatoms. The largest absolute Gasteiger partial charge is 0.468 e. The molecule has 0 aromatic rings. The SMILES string of the molecule is COC(=O)C1C(=O)CCC(C)(C)C1CCC#C[Si](C)(C)C. The minimum Gasteiger partial charge on any atom is -0.468 e. The van der Waals surface area contributed by atoms with Crippen LogP contribution in [0.15, 0.2) is 0 Å². The Bertz CT molecular complexity index is 455. The first-order valence-electron chi connectivity index (χ1n) is 7.69. The van der Waals surface area contributed by atoms with Crippen molar-refractivity contribution in [3.05, 3.63) is 0 Å². The van der Waals surface area contributed by atoms with Crippen LogP contribution < -0.4 is 0 Å². The molecule has 1 rings (SSSR count). The first kappa shape index (κ1) is 18.0. The summed E-state index contributed by atoms with van der Waals surface area (Å²) in [4.78, 5) is 24.1. The van der Waals surface area contributed by atoms with Crippen molar-refractivity contribution in [1.82, 2.24) is 0 Å². The summed E-state index contributed by atoms with van der Waals surface area (Å²) in [6.45, 7) is 10.9. The van der Waals surface area contributed by atoms with E-state index in [1.807, 2.05) is 0 Å². The van der Waals surface area contributed by atoms with Gasteiger partial charge in [0.15, 0.2) is 0 Å². The summed E-state index contributed by atoms with van der Waals surface area (Å²) in [7, 11) is 0.00189. The van der Waals surface area contributed by atoms with Crippen LogP contribution in [0.4, 0.5) is 0 Å². The summed E-state index contributed by atoms with van der Waals surface area (Å²) in [6, 6.07) is 0. The Labute approximate surface area is 129 Å². The number of hydrogen-bond donors (Lipinski definition) is 0. The fourth-order valence-electron chi connectivity index (χ4n) is 3.00. The van der Waals surface area contributed by atoms with Crippen molar-refractivity contribution in [2.45, 2.75) is 59.2 Å². The predicted octanol–water partition coefficient (Wildman–Crippen LogP) is 3.44. The maximum atomic E-state index is 12.2. The van der Waals surface area contributed by atoms with Crippen LogP contribution in [0.5, 0.6) is 0 Å². The maximum absolute atomic E-state index is 12.2. The van der Waals surface area contributed by atoms with E-state index in [9.17, 15) is 9.59 Å². The van der Waals surface area contributed by atoms with Gasteiger partial charge in [-0.05, 0) is 24.2 Å². The number of ether oxygens (including phenoxy) is 1. The van der Waals surface area contributed by atoms with Crippen LogP contribution in [0, 0.1) is 28.7 Å². The zero-order valence-corrected chi connectivity index (χ0v) is 15.2. The van der Waals surface area contributed by atoms with Gasteiger partial charge in [0, 0.05) is 12.8 Å². The number of carbonyl (C=O) groups excluding carboxylic acids is 2. The van der Waals surface area contributed by atoms with Crippen molar-refractivity contribution in [3.63, 3.8) is 0 Å². The molecule has 118 valence electrons. The quantitative estimate of drug-likeness (QED) is 0.347. The minimum atomic E-state index is -1.36. The molecule has 0 aromatic heterocycles. The molecule has 0 aromatic carbocycles. The van der Waals surface area contributed by atoms with E-state index in [1.54, 1.807) is 0 Å². The molecule has 0 radical (unpaired) electrons. The van der Waals surface area contributed by atoms with E-state index >= 15 is 0 Å². The Morgan fingerprint density at radius 2 is 2.00 bits per heavy atom. The smallest absolute Gasteiger partial charge is 0.316 e. The number of carbonyl (C=O) groups is 2. The highest BCUT2D eigenvalue weighted by Gasteiger charge is 2.46. The van der Waals surface area contributed by atoms with Gasteiger partial charge < -0.3 is 4.74 Å². The summed E-state index contributed by atoms with van der Waals surface area (Å²) in [5.41, 5.74) is 3.33. The Morgan fingerprint density at radius 1 is 1.38 bits per heavy atom.